The molecule has 0 saturated carbocycles. The minimum atomic E-state index is -0.171. The van der Waals surface area contributed by atoms with Gasteiger partial charge in [0.25, 0.3) is 5.56 Å². The van der Waals surface area contributed by atoms with Crippen LogP contribution < -0.4 is 10.3 Å². The lowest BCUT2D eigenvalue weighted by Gasteiger charge is -2.09. The minimum Gasteiger partial charge on any atom is -0.497 e. The Morgan fingerprint density at radius 1 is 1.10 bits per heavy atom. The van der Waals surface area contributed by atoms with Crippen molar-refractivity contribution in [2.45, 2.75) is 6.92 Å². The van der Waals surface area contributed by atoms with Gasteiger partial charge < -0.3 is 4.74 Å². The van der Waals surface area contributed by atoms with Gasteiger partial charge in [0.05, 0.1) is 18.2 Å². The number of ether oxygens (including phenoxy) is 1. The van der Waals surface area contributed by atoms with Crippen LogP contribution in [0.1, 0.15) is 5.56 Å². The molecule has 0 saturated heterocycles. The highest BCUT2D eigenvalue weighted by atomic mass is 16.5. The van der Waals surface area contributed by atoms with Crippen molar-refractivity contribution in [3.8, 4) is 17.0 Å². The number of hydrogen-bond acceptors (Lipinski definition) is 3. The Kier molecular flexibility index (Phi) is 2.99. The zero-order valence-electron chi connectivity index (χ0n) is 11.3. The summed E-state index contributed by atoms with van der Waals surface area (Å²) in [6, 6.07) is 13.3. The van der Waals surface area contributed by atoms with Crippen LogP contribution in [0.3, 0.4) is 0 Å². The molecule has 0 aliphatic heterocycles. The van der Waals surface area contributed by atoms with Gasteiger partial charge in [0, 0.05) is 10.9 Å². The number of benzene rings is 2. The van der Waals surface area contributed by atoms with E-state index in [9.17, 15) is 4.79 Å². The third-order valence-corrected chi connectivity index (χ3v) is 3.38. The summed E-state index contributed by atoms with van der Waals surface area (Å²) in [6.45, 7) is 2.00. The van der Waals surface area contributed by atoms with Gasteiger partial charge in [-0.2, -0.15) is 5.10 Å². The summed E-state index contributed by atoms with van der Waals surface area (Å²) in [7, 11) is 1.64. The number of nitrogens with zero attached hydrogens (tertiary/aromatic N) is 1. The second-order valence-corrected chi connectivity index (χ2v) is 4.63. The number of methoxy groups -OCH3 is 1. The van der Waals surface area contributed by atoms with Gasteiger partial charge in [0.1, 0.15) is 5.75 Å². The van der Waals surface area contributed by atoms with Gasteiger partial charge in [-0.3, -0.25) is 4.79 Å². The van der Waals surface area contributed by atoms with Crippen molar-refractivity contribution in [2.75, 3.05) is 7.11 Å². The van der Waals surface area contributed by atoms with Gasteiger partial charge in [-0.25, -0.2) is 5.10 Å². The number of aryl methyl sites for hydroxylation is 1. The summed E-state index contributed by atoms with van der Waals surface area (Å²) in [5, 5.41) is 8.27. The van der Waals surface area contributed by atoms with Crippen molar-refractivity contribution in [3.63, 3.8) is 0 Å². The Balaban J connectivity index is 2.30. The van der Waals surface area contributed by atoms with Crippen molar-refractivity contribution in [2.24, 2.45) is 0 Å². The predicted octanol–water partition coefficient (Wildman–Crippen LogP) is 2.91. The highest BCUT2D eigenvalue weighted by Crippen LogP contribution is 2.29. The number of aromatic amines is 1. The van der Waals surface area contributed by atoms with Crippen molar-refractivity contribution >= 4 is 10.8 Å². The largest absolute Gasteiger partial charge is 0.497 e. The average Bonchev–Trinajstić information content (AvgIpc) is 2.48. The maximum Gasteiger partial charge on any atom is 0.272 e. The van der Waals surface area contributed by atoms with E-state index in [4.69, 9.17) is 4.74 Å². The lowest BCUT2D eigenvalue weighted by molar-refractivity contribution is 0.414. The zero-order valence-corrected chi connectivity index (χ0v) is 11.3. The van der Waals surface area contributed by atoms with Crippen LogP contribution in [0, 0.1) is 6.92 Å². The molecule has 4 heteroatoms. The maximum atomic E-state index is 11.8. The highest BCUT2D eigenvalue weighted by Gasteiger charge is 2.10. The molecule has 0 amide bonds. The monoisotopic (exact) mass is 266 g/mol. The first-order valence-electron chi connectivity index (χ1n) is 6.33. The van der Waals surface area contributed by atoms with Gasteiger partial charge in [-0.1, -0.05) is 18.2 Å². The number of hydrogen-bond donors (Lipinski definition) is 1. The van der Waals surface area contributed by atoms with Gasteiger partial charge in [0.15, 0.2) is 0 Å². The third kappa shape index (κ3) is 1.95. The third-order valence-electron chi connectivity index (χ3n) is 3.38. The van der Waals surface area contributed by atoms with E-state index in [0.717, 1.165) is 28.0 Å². The molecular formula is C16H14N2O2. The maximum absolute atomic E-state index is 11.8. The van der Waals surface area contributed by atoms with Crippen LogP contribution in [0.5, 0.6) is 5.75 Å². The molecule has 2 aromatic carbocycles. The van der Waals surface area contributed by atoms with E-state index in [2.05, 4.69) is 10.2 Å². The Bertz CT molecular complexity index is 837. The van der Waals surface area contributed by atoms with Crippen LogP contribution in [0.15, 0.2) is 47.3 Å². The molecule has 100 valence electrons. The van der Waals surface area contributed by atoms with E-state index in [1.807, 2.05) is 43.3 Å². The van der Waals surface area contributed by atoms with E-state index < -0.39 is 0 Å². The minimum absolute atomic E-state index is 0.171. The second-order valence-electron chi connectivity index (χ2n) is 4.63. The molecule has 4 nitrogen and oxygen atoms in total. The molecule has 0 aliphatic carbocycles. The summed E-state index contributed by atoms with van der Waals surface area (Å²) in [5.74, 6) is 0.806. The van der Waals surface area contributed by atoms with E-state index in [0.29, 0.717) is 5.39 Å². The Morgan fingerprint density at radius 3 is 2.55 bits per heavy atom. The van der Waals surface area contributed by atoms with Crippen LogP contribution in [-0.2, 0) is 0 Å². The fraction of sp³-hybridized carbons (Fsp3) is 0.125. The van der Waals surface area contributed by atoms with Crippen molar-refractivity contribution < 1.29 is 4.74 Å². The molecule has 0 spiro atoms. The number of fused-ring (bicyclic) bond motifs is 1. The van der Waals surface area contributed by atoms with Crippen LogP contribution in [0.4, 0.5) is 0 Å². The summed E-state index contributed by atoms with van der Waals surface area (Å²) >= 11 is 0. The highest BCUT2D eigenvalue weighted by molar-refractivity contribution is 5.94. The van der Waals surface area contributed by atoms with E-state index in [-0.39, 0.29) is 5.56 Å². The molecule has 20 heavy (non-hydrogen) atoms. The molecule has 3 rings (SSSR count). The first-order valence-corrected chi connectivity index (χ1v) is 6.33. The summed E-state index contributed by atoms with van der Waals surface area (Å²) < 4.78 is 5.21. The molecule has 0 radical (unpaired) electrons. The SMILES string of the molecule is COc1ccc(-c2n[nH]c(=O)c3ccccc23)c(C)c1. The molecule has 1 aromatic heterocycles. The van der Waals surface area contributed by atoms with E-state index in [1.54, 1.807) is 13.2 Å². The number of nitrogens with one attached hydrogen (secondary N) is 1. The summed E-state index contributed by atoms with van der Waals surface area (Å²) in [5.41, 5.74) is 2.64. The number of aromatic nitrogens is 2. The lowest BCUT2D eigenvalue weighted by atomic mass is 10.0. The van der Waals surface area contributed by atoms with E-state index in [1.165, 1.54) is 0 Å². The predicted molar refractivity (Wildman–Crippen MR) is 79.1 cm³/mol. The average molecular weight is 266 g/mol. The standard InChI is InChI=1S/C16H14N2O2/c1-10-9-11(20-2)7-8-12(10)15-13-5-3-4-6-14(13)16(19)18-17-15/h3-9H,1-2H3,(H,18,19). The smallest absolute Gasteiger partial charge is 0.272 e. The molecule has 0 atom stereocenters. The van der Waals surface area contributed by atoms with Gasteiger partial charge in [-0.15, -0.1) is 0 Å². The zero-order chi connectivity index (χ0) is 14.1. The lowest BCUT2D eigenvalue weighted by Crippen LogP contribution is -2.09. The van der Waals surface area contributed by atoms with Crippen LogP contribution in [0.25, 0.3) is 22.0 Å². The molecule has 1 heterocycles. The number of H-pyrrole nitrogens is 1. The van der Waals surface area contributed by atoms with Crippen molar-refractivity contribution in [1.29, 1.82) is 0 Å². The molecule has 1 N–H and O–H groups in total. The van der Waals surface area contributed by atoms with E-state index >= 15 is 0 Å². The molecule has 0 fully saturated rings. The summed E-state index contributed by atoms with van der Waals surface area (Å²) in [6.07, 6.45) is 0. The van der Waals surface area contributed by atoms with Crippen molar-refractivity contribution in [3.05, 3.63) is 58.4 Å². The fourth-order valence-electron chi connectivity index (χ4n) is 2.35. The fourth-order valence-corrected chi connectivity index (χ4v) is 2.35. The quantitative estimate of drug-likeness (QED) is 0.776. The van der Waals surface area contributed by atoms with Gasteiger partial charge in [0.2, 0.25) is 0 Å². The van der Waals surface area contributed by atoms with Crippen LogP contribution >= 0.6 is 0 Å². The second kappa shape index (κ2) is 4.81. The van der Waals surface area contributed by atoms with Gasteiger partial charge >= 0.3 is 0 Å². The van der Waals surface area contributed by atoms with Gasteiger partial charge in [-0.05, 0) is 36.8 Å². The molecule has 0 bridgehead atoms. The first kappa shape index (κ1) is 12.4. The number of rotatable bonds is 2. The Labute approximate surface area is 116 Å². The topological polar surface area (TPSA) is 55.0 Å². The molecule has 0 aliphatic rings. The van der Waals surface area contributed by atoms with Crippen molar-refractivity contribution in [1.82, 2.24) is 10.2 Å². The normalized spacial score (nSPS) is 10.7. The first-order chi connectivity index (χ1) is 9.70. The van der Waals surface area contributed by atoms with Crippen LogP contribution in [-0.4, -0.2) is 17.3 Å². The molecular weight excluding hydrogens is 252 g/mol. The molecule has 0 unspecified atom stereocenters. The Morgan fingerprint density at radius 2 is 1.85 bits per heavy atom. The Hall–Kier alpha value is -2.62. The van der Waals surface area contributed by atoms with Crippen LogP contribution in [0.2, 0.25) is 0 Å². The summed E-state index contributed by atoms with van der Waals surface area (Å²) in [4.78, 5) is 11.8. The molecule has 3 aromatic rings.